The molecule has 0 saturated heterocycles. The Bertz CT molecular complexity index is 561. The van der Waals surface area contributed by atoms with Crippen LogP contribution in [-0.4, -0.2) is 17.1 Å². The number of methoxy groups -OCH3 is 1. The van der Waals surface area contributed by atoms with Crippen LogP contribution in [0.2, 0.25) is 0 Å². The molecule has 0 saturated carbocycles. The molecule has 0 bridgehead atoms. The van der Waals surface area contributed by atoms with E-state index in [2.05, 4.69) is 9.97 Å². The van der Waals surface area contributed by atoms with Gasteiger partial charge in [0.05, 0.1) is 13.4 Å². The van der Waals surface area contributed by atoms with Gasteiger partial charge in [0.15, 0.2) is 0 Å². The predicted octanol–water partition coefficient (Wildman–Crippen LogP) is 1.75. The van der Waals surface area contributed by atoms with Gasteiger partial charge in [-0.15, -0.1) is 0 Å². The Morgan fingerprint density at radius 2 is 2.19 bits per heavy atom. The average molecular weight is 216 g/mol. The van der Waals surface area contributed by atoms with Crippen molar-refractivity contribution >= 4 is 0 Å². The first-order valence-corrected chi connectivity index (χ1v) is 4.91. The van der Waals surface area contributed by atoms with Crippen LogP contribution < -0.4 is 10.3 Å². The van der Waals surface area contributed by atoms with Crippen LogP contribution in [0, 0.1) is 6.92 Å². The maximum absolute atomic E-state index is 11.5. The Kier molecular flexibility index (Phi) is 2.72. The topological polar surface area (TPSA) is 55.0 Å². The number of benzene rings is 1. The van der Waals surface area contributed by atoms with Crippen molar-refractivity contribution < 1.29 is 4.74 Å². The quantitative estimate of drug-likeness (QED) is 0.832. The van der Waals surface area contributed by atoms with Gasteiger partial charge in [0, 0.05) is 5.56 Å². The second-order valence-corrected chi connectivity index (χ2v) is 3.48. The van der Waals surface area contributed by atoms with Gasteiger partial charge in [-0.05, 0) is 13.0 Å². The van der Waals surface area contributed by atoms with Crippen LogP contribution in [0.25, 0.3) is 11.3 Å². The standard InChI is InChI=1S/C12H12N2O2/c1-8-4-3-5-9(6-8)10-11(16-2)12(15)14-7-13-10/h3-7H,1-2H3,(H,13,14,15). The molecule has 82 valence electrons. The molecule has 0 aliphatic heterocycles. The zero-order valence-corrected chi connectivity index (χ0v) is 9.15. The molecule has 16 heavy (non-hydrogen) atoms. The fourth-order valence-electron chi connectivity index (χ4n) is 1.57. The second-order valence-electron chi connectivity index (χ2n) is 3.48. The van der Waals surface area contributed by atoms with E-state index in [-0.39, 0.29) is 11.3 Å². The summed E-state index contributed by atoms with van der Waals surface area (Å²) in [5, 5.41) is 0. The van der Waals surface area contributed by atoms with Gasteiger partial charge in [-0.2, -0.15) is 0 Å². The number of ether oxygens (including phenoxy) is 1. The SMILES string of the molecule is COc1c(-c2cccc(C)c2)nc[nH]c1=O. The highest BCUT2D eigenvalue weighted by atomic mass is 16.5. The summed E-state index contributed by atoms with van der Waals surface area (Å²) in [6.07, 6.45) is 1.38. The van der Waals surface area contributed by atoms with E-state index in [4.69, 9.17) is 4.74 Å². The molecule has 0 amide bonds. The molecule has 2 rings (SSSR count). The Balaban J connectivity index is 2.64. The Hall–Kier alpha value is -2.10. The monoisotopic (exact) mass is 216 g/mol. The molecule has 4 nitrogen and oxygen atoms in total. The van der Waals surface area contributed by atoms with Crippen molar-refractivity contribution in [2.75, 3.05) is 7.11 Å². The number of hydrogen-bond donors (Lipinski definition) is 1. The summed E-state index contributed by atoms with van der Waals surface area (Å²) in [7, 11) is 1.46. The highest BCUT2D eigenvalue weighted by Gasteiger charge is 2.10. The molecule has 1 aromatic heterocycles. The number of H-pyrrole nitrogens is 1. The number of rotatable bonds is 2. The van der Waals surface area contributed by atoms with Gasteiger partial charge in [0.25, 0.3) is 5.56 Å². The lowest BCUT2D eigenvalue weighted by Gasteiger charge is -2.06. The van der Waals surface area contributed by atoms with Crippen LogP contribution >= 0.6 is 0 Å². The number of nitrogens with zero attached hydrogens (tertiary/aromatic N) is 1. The summed E-state index contributed by atoms with van der Waals surface area (Å²) >= 11 is 0. The Morgan fingerprint density at radius 3 is 2.88 bits per heavy atom. The summed E-state index contributed by atoms with van der Waals surface area (Å²) in [6, 6.07) is 7.78. The van der Waals surface area contributed by atoms with Crippen molar-refractivity contribution in [2.24, 2.45) is 0 Å². The molecule has 0 aliphatic rings. The van der Waals surface area contributed by atoms with Crippen LogP contribution in [0.4, 0.5) is 0 Å². The fourth-order valence-corrected chi connectivity index (χ4v) is 1.57. The van der Waals surface area contributed by atoms with Crippen molar-refractivity contribution in [3.05, 3.63) is 46.5 Å². The number of nitrogens with one attached hydrogen (secondary N) is 1. The van der Waals surface area contributed by atoms with Gasteiger partial charge in [-0.1, -0.05) is 23.8 Å². The molecule has 0 unspecified atom stereocenters. The van der Waals surface area contributed by atoms with Gasteiger partial charge < -0.3 is 9.72 Å². The van der Waals surface area contributed by atoms with E-state index in [9.17, 15) is 4.79 Å². The van der Waals surface area contributed by atoms with E-state index < -0.39 is 0 Å². The first-order valence-electron chi connectivity index (χ1n) is 4.91. The van der Waals surface area contributed by atoms with Crippen molar-refractivity contribution in [3.63, 3.8) is 0 Å². The third-order valence-electron chi connectivity index (χ3n) is 2.31. The second kappa shape index (κ2) is 4.18. The van der Waals surface area contributed by atoms with Gasteiger partial charge >= 0.3 is 0 Å². The normalized spacial score (nSPS) is 10.1. The van der Waals surface area contributed by atoms with Crippen LogP contribution in [0.3, 0.4) is 0 Å². The van der Waals surface area contributed by atoms with E-state index in [0.29, 0.717) is 5.69 Å². The summed E-state index contributed by atoms with van der Waals surface area (Å²) < 4.78 is 5.06. The fraction of sp³-hybridized carbons (Fsp3) is 0.167. The molecule has 1 N–H and O–H groups in total. The largest absolute Gasteiger partial charge is 0.490 e. The van der Waals surface area contributed by atoms with Gasteiger partial charge in [-0.25, -0.2) is 4.98 Å². The maximum Gasteiger partial charge on any atom is 0.293 e. The van der Waals surface area contributed by atoms with Gasteiger partial charge in [0.2, 0.25) is 5.75 Å². The van der Waals surface area contributed by atoms with Crippen molar-refractivity contribution in [1.82, 2.24) is 9.97 Å². The third-order valence-corrected chi connectivity index (χ3v) is 2.31. The highest BCUT2D eigenvalue weighted by molar-refractivity contribution is 5.65. The summed E-state index contributed by atoms with van der Waals surface area (Å²) in [5.74, 6) is 0.244. The molecule has 4 heteroatoms. The smallest absolute Gasteiger partial charge is 0.293 e. The molecule has 1 aromatic carbocycles. The minimum atomic E-state index is -0.269. The molecular weight excluding hydrogens is 204 g/mol. The average Bonchev–Trinajstić information content (AvgIpc) is 2.28. The Labute approximate surface area is 92.9 Å². The van der Waals surface area contributed by atoms with Crippen LogP contribution in [0.5, 0.6) is 5.75 Å². The first kappa shape index (κ1) is 10.4. The lowest BCUT2D eigenvalue weighted by Crippen LogP contribution is -2.11. The van der Waals surface area contributed by atoms with Gasteiger partial charge in [-0.3, -0.25) is 4.79 Å². The van der Waals surface area contributed by atoms with Crippen LogP contribution in [0.1, 0.15) is 5.56 Å². The molecular formula is C12H12N2O2. The number of aryl methyl sites for hydroxylation is 1. The third kappa shape index (κ3) is 1.82. The zero-order valence-electron chi connectivity index (χ0n) is 9.15. The lowest BCUT2D eigenvalue weighted by molar-refractivity contribution is 0.408. The van der Waals surface area contributed by atoms with E-state index in [1.54, 1.807) is 0 Å². The van der Waals surface area contributed by atoms with E-state index in [0.717, 1.165) is 11.1 Å². The Morgan fingerprint density at radius 1 is 1.38 bits per heavy atom. The van der Waals surface area contributed by atoms with Crippen molar-refractivity contribution in [1.29, 1.82) is 0 Å². The first-order chi connectivity index (χ1) is 7.72. The molecule has 0 aliphatic carbocycles. The number of hydrogen-bond acceptors (Lipinski definition) is 3. The predicted molar refractivity (Wildman–Crippen MR) is 61.6 cm³/mol. The van der Waals surface area contributed by atoms with Crippen molar-refractivity contribution in [2.45, 2.75) is 6.92 Å². The minimum Gasteiger partial charge on any atom is -0.490 e. The van der Waals surface area contributed by atoms with Crippen LogP contribution in [0.15, 0.2) is 35.4 Å². The molecule has 0 spiro atoms. The summed E-state index contributed by atoms with van der Waals surface area (Å²) in [5.41, 5.74) is 2.29. The highest BCUT2D eigenvalue weighted by Crippen LogP contribution is 2.24. The minimum absolute atomic E-state index is 0.244. The molecule has 1 heterocycles. The van der Waals surface area contributed by atoms with E-state index >= 15 is 0 Å². The van der Waals surface area contributed by atoms with E-state index in [1.807, 2.05) is 31.2 Å². The zero-order chi connectivity index (χ0) is 11.5. The van der Waals surface area contributed by atoms with Gasteiger partial charge in [0.1, 0.15) is 5.69 Å². The number of aromatic nitrogens is 2. The maximum atomic E-state index is 11.5. The van der Waals surface area contributed by atoms with Crippen LogP contribution in [-0.2, 0) is 0 Å². The van der Waals surface area contributed by atoms with E-state index in [1.165, 1.54) is 13.4 Å². The molecule has 2 aromatic rings. The molecule has 0 fully saturated rings. The lowest BCUT2D eigenvalue weighted by atomic mass is 10.1. The molecule has 0 atom stereocenters. The van der Waals surface area contributed by atoms with Crippen molar-refractivity contribution in [3.8, 4) is 17.0 Å². The summed E-state index contributed by atoms with van der Waals surface area (Å²) in [4.78, 5) is 18.1. The number of aromatic amines is 1. The summed E-state index contributed by atoms with van der Waals surface area (Å²) in [6.45, 7) is 1.99. The molecule has 0 radical (unpaired) electrons.